The van der Waals surface area contributed by atoms with Crippen molar-refractivity contribution < 1.29 is 8.42 Å². The highest BCUT2D eigenvalue weighted by atomic mass is 32.2. The maximum absolute atomic E-state index is 12.0. The Morgan fingerprint density at radius 3 is 2.75 bits per heavy atom. The van der Waals surface area contributed by atoms with Gasteiger partial charge in [-0.1, -0.05) is 6.92 Å². The van der Waals surface area contributed by atoms with Gasteiger partial charge in [-0.25, -0.2) is 4.72 Å². The molecule has 0 spiro atoms. The zero-order chi connectivity index (χ0) is 14.8. The van der Waals surface area contributed by atoms with Crippen LogP contribution in [0, 0.1) is 0 Å². The molecule has 1 rings (SSSR count). The van der Waals surface area contributed by atoms with E-state index in [-0.39, 0.29) is 0 Å². The second kappa shape index (κ2) is 9.46. The molecule has 1 aromatic rings. The van der Waals surface area contributed by atoms with Gasteiger partial charge in [0, 0.05) is 20.1 Å². The first kappa shape index (κ1) is 17.6. The van der Waals surface area contributed by atoms with Crippen LogP contribution < -0.4 is 10.0 Å². The monoisotopic (exact) mass is 319 g/mol. The third-order valence-electron chi connectivity index (χ3n) is 2.94. The Hall–Kier alpha value is -0.470. The second-order valence-corrected chi connectivity index (χ2v) is 7.35. The number of nitrogens with one attached hydrogen (secondary N) is 2. The summed E-state index contributed by atoms with van der Waals surface area (Å²) in [7, 11) is -1.73. The van der Waals surface area contributed by atoms with Crippen LogP contribution in [0.4, 0.5) is 0 Å². The minimum atomic E-state index is -3.35. The summed E-state index contributed by atoms with van der Waals surface area (Å²) in [5.41, 5.74) is 1.17. The molecule has 1 heterocycles. The van der Waals surface area contributed by atoms with Crippen LogP contribution in [-0.4, -0.2) is 45.9 Å². The summed E-state index contributed by atoms with van der Waals surface area (Å²) in [6.07, 6.45) is 2.65. The average molecular weight is 319 g/mol. The van der Waals surface area contributed by atoms with Gasteiger partial charge in [-0.05, 0) is 54.7 Å². The molecule has 0 unspecified atom stereocenters. The van der Waals surface area contributed by atoms with Crippen molar-refractivity contribution in [1.29, 1.82) is 0 Å². The molecule has 0 atom stereocenters. The lowest BCUT2D eigenvalue weighted by molar-refractivity contribution is 0.445. The van der Waals surface area contributed by atoms with E-state index in [1.165, 1.54) is 9.87 Å². The van der Waals surface area contributed by atoms with Gasteiger partial charge in [0.15, 0.2) is 0 Å². The Morgan fingerprint density at radius 1 is 1.30 bits per heavy atom. The lowest BCUT2D eigenvalue weighted by Crippen LogP contribution is -2.40. The molecule has 0 aliphatic carbocycles. The molecule has 0 aromatic carbocycles. The Balaban J connectivity index is 2.21. The molecule has 0 amide bonds. The number of nitrogens with zero attached hydrogens (tertiary/aromatic N) is 1. The smallest absolute Gasteiger partial charge is 0.279 e. The van der Waals surface area contributed by atoms with Gasteiger partial charge in [-0.2, -0.15) is 24.1 Å². The fourth-order valence-corrected chi connectivity index (χ4v) is 3.37. The van der Waals surface area contributed by atoms with Crippen molar-refractivity contribution >= 4 is 21.5 Å². The fraction of sp³-hybridized carbons (Fsp3) is 0.692. The van der Waals surface area contributed by atoms with E-state index in [0.717, 1.165) is 32.4 Å². The summed E-state index contributed by atoms with van der Waals surface area (Å²) in [5.74, 6) is 0. The van der Waals surface area contributed by atoms with Crippen LogP contribution in [0.3, 0.4) is 0 Å². The number of thiophene rings is 1. The molecular weight excluding hydrogens is 294 g/mol. The predicted octanol–water partition coefficient (Wildman–Crippen LogP) is 1.45. The zero-order valence-electron chi connectivity index (χ0n) is 12.3. The molecule has 0 radical (unpaired) electrons. The van der Waals surface area contributed by atoms with E-state index in [9.17, 15) is 8.42 Å². The van der Waals surface area contributed by atoms with Crippen LogP contribution >= 0.6 is 11.3 Å². The molecule has 2 N–H and O–H groups in total. The van der Waals surface area contributed by atoms with Crippen LogP contribution in [0.5, 0.6) is 0 Å². The highest BCUT2D eigenvalue weighted by molar-refractivity contribution is 7.87. The van der Waals surface area contributed by atoms with Crippen molar-refractivity contribution in [3.8, 4) is 0 Å². The summed E-state index contributed by atoms with van der Waals surface area (Å²) >= 11 is 1.63. The molecule has 0 saturated carbocycles. The molecular formula is C13H25N3O2S2. The Labute approximate surface area is 126 Å². The molecule has 0 fully saturated rings. The molecule has 5 nitrogen and oxygen atoms in total. The SMILES string of the molecule is CCCNCCCN(C)S(=O)(=O)NCCc1ccsc1. The molecule has 7 heteroatoms. The quantitative estimate of drug-likeness (QED) is 0.607. The van der Waals surface area contributed by atoms with Gasteiger partial charge in [0.05, 0.1) is 0 Å². The summed E-state index contributed by atoms with van der Waals surface area (Å²) in [4.78, 5) is 0. The topological polar surface area (TPSA) is 61.4 Å². The maximum Gasteiger partial charge on any atom is 0.279 e. The summed E-state index contributed by atoms with van der Waals surface area (Å²) < 4.78 is 28.0. The highest BCUT2D eigenvalue weighted by Crippen LogP contribution is 2.06. The molecule has 0 bridgehead atoms. The fourth-order valence-electron chi connectivity index (χ4n) is 1.72. The van der Waals surface area contributed by atoms with Gasteiger partial charge in [0.2, 0.25) is 0 Å². The standard InChI is InChI=1S/C13H25N3O2S2/c1-3-7-14-8-4-10-16(2)20(17,18)15-9-5-13-6-11-19-12-13/h6,11-12,14-15H,3-5,7-10H2,1-2H3. The van der Waals surface area contributed by atoms with Gasteiger partial charge in [0.25, 0.3) is 10.2 Å². The molecule has 0 aliphatic rings. The molecule has 0 saturated heterocycles. The Bertz CT molecular complexity index is 446. The van der Waals surface area contributed by atoms with Crippen molar-refractivity contribution in [1.82, 2.24) is 14.3 Å². The van der Waals surface area contributed by atoms with E-state index in [0.29, 0.717) is 13.1 Å². The van der Waals surface area contributed by atoms with Crippen LogP contribution in [0.1, 0.15) is 25.3 Å². The van der Waals surface area contributed by atoms with E-state index in [1.54, 1.807) is 18.4 Å². The van der Waals surface area contributed by atoms with Gasteiger partial charge >= 0.3 is 0 Å². The number of hydrogen-bond donors (Lipinski definition) is 2. The van der Waals surface area contributed by atoms with Crippen molar-refractivity contribution in [2.75, 3.05) is 33.2 Å². The number of hydrogen-bond acceptors (Lipinski definition) is 4. The zero-order valence-corrected chi connectivity index (χ0v) is 13.9. The third kappa shape index (κ3) is 6.81. The Morgan fingerprint density at radius 2 is 2.10 bits per heavy atom. The van der Waals surface area contributed by atoms with E-state index >= 15 is 0 Å². The first-order valence-corrected chi connectivity index (χ1v) is 9.37. The van der Waals surface area contributed by atoms with Crippen LogP contribution in [-0.2, 0) is 16.6 Å². The minimum Gasteiger partial charge on any atom is -0.317 e. The van der Waals surface area contributed by atoms with Crippen LogP contribution in [0.2, 0.25) is 0 Å². The first-order valence-electron chi connectivity index (χ1n) is 6.99. The lowest BCUT2D eigenvalue weighted by Gasteiger charge is -2.17. The van der Waals surface area contributed by atoms with Gasteiger partial charge in [-0.3, -0.25) is 0 Å². The van der Waals surface area contributed by atoms with Gasteiger partial charge in [0.1, 0.15) is 0 Å². The summed E-state index contributed by atoms with van der Waals surface area (Å²) in [6.45, 7) is 4.92. The van der Waals surface area contributed by atoms with Gasteiger partial charge in [-0.15, -0.1) is 0 Å². The second-order valence-electron chi connectivity index (χ2n) is 4.71. The Kier molecular flexibility index (Phi) is 8.32. The largest absolute Gasteiger partial charge is 0.317 e. The van der Waals surface area contributed by atoms with E-state index in [2.05, 4.69) is 17.0 Å². The highest BCUT2D eigenvalue weighted by Gasteiger charge is 2.15. The van der Waals surface area contributed by atoms with Crippen LogP contribution in [0.15, 0.2) is 16.8 Å². The first-order chi connectivity index (χ1) is 9.56. The lowest BCUT2D eigenvalue weighted by atomic mass is 10.2. The molecule has 20 heavy (non-hydrogen) atoms. The van der Waals surface area contributed by atoms with Crippen molar-refractivity contribution in [3.63, 3.8) is 0 Å². The van der Waals surface area contributed by atoms with Crippen molar-refractivity contribution in [2.24, 2.45) is 0 Å². The van der Waals surface area contributed by atoms with Gasteiger partial charge < -0.3 is 5.32 Å². The predicted molar refractivity (Wildman–Crippen MR) is 85.4 cm³/mol. The summed E-state index contributed by atoms with van der Waals surface area (Å²) in [6, 6.07) is 2.02. The molecule has 0 aliphatic heterocycles. The van der Waals surface area contributed by atoms with Crippen molar-refractivity contribution in [3.05, 3.63) is 22.4 Å². The van der Waals surface area contributed by atoms with Crippen molar-refractivity contribution in [2.45, 2.75) is 26.2 Å². The molecule has 1 aromatic heterocycles. The number of rotatable bonds is 11. The minimum absolute atomic E-state index is 0.442. The summed E-state index contributed by atoms with van der Waals surface area (Å²) in [5, 5.41) is 7.30. The van der Waals surface area contributed by atoms with E-state index in [4.69, 9.17) is 0 Å². The third-order valence-corrected chi connectivity index (χ3v) is 5.25. The average Bonchev–Trinajstić information content (AvgIpc) is 2.91. The maximum atomic E-state index is 12.0. The normalized spacial score (nSPS) is 12.2. The van der Waals surface area contributed by atoms with E-state index < -0.39 is 10.2 Å². The molecule has 116 valence electrons. The van der Waals surface area contributed by atoms with Crippen LogP contribution in [0.25, 0.3) is 0 Å². The van der Waals surface area contributed by atoms with E-state index in [1.807, 2.05) is 16.8 Å².